The summed E-state index contributed by atoms with van der Waals surface area (Å²) >= 11 is 0. The van der Waals surface area contributed by atoms with Gasteiger partial charge in [-0.2, -0.15) is 0 Å². The van der Waals surface area contributed by atoms with E-state index in [2.05, 4.69) is 5.43 Å². The molecule has 4 heteroatoms. The molecule has 0 spiro atoms. The third kappa shape index (κ3) is 1.49. The largest absolute Gasteiger partial charge is 0.323 e. The van der Waals surface area contributed by atoms with Gasteiger partial charge in [0, 0.05) is 0 Å². The summed E-state index contributed by atoms with van der Waals surface area (Å²) in [7, 11) is 1.61. The Labute approximate surface area is 59.9 Å². The molecule has 4 nitrogen and oxygen atoms in total. The van der Waals surface area contributed by atoms with Crippen molar-refractivity contribution in [3.63, 3.8) is 0 Å². The van der Waals surface area contributed by atoms with Crippen molar-refractivity contribution in [2.75, 3.05) is 13.7 Å². The Bertz CT molecular complexity index is 164. The van der Waals surface area contributed by atoms with Crippen LogP contribution in [0.1, 0.15) is 0 Å². The van der Waals surface area contributed by atoms with Crippen LogP contribution in [-0.2, 0) is 4.84 Å². The number of allylic oxidation sites excluding steroid dienone is 1. The zero-order chi connectivity index (χ0) is 7.40. The Morgan fingerprint density at radius 2 is 2.60 bits per heavy atom. The van der Waals surface area contributed by atoms with Crippen LogP contribution in [0.2, 0.25) is 0 Å². The van der Waals surface area contributed by atoms with E-state index in [-0.39, 0.29) is 0 Å². The Balaban J connectivity index is 2.56. The van der Waals surface area contributed by atoms with Crippen molar-refractivity contribution in [3.8, 4) is 0 Å². The lowest BCUT2D eigenvalue weighted by atomic mass is 10.3. The van der Waals surface area contributed by atoms with Crippen LogP contribution in [0.25, 0.3) is 0 Å². The number of nitrogens with one attached hydrogen (secondary N) is 1. The Morgan fingerprint density at radius 1 is 1.80 bits per heavy atom. The fourth-order valence-corrected chi connectivity index (χ4v) is 0.747. The molecule has 0 bridgehead atoms. The van der Waals surface area contributed by atoms with E-state index in [1.165, 1.54) is 0 Å². The summed E-state index contributed by atoms with van der Waals surface area (Å²) in [5.41, 5.74) is 3.36. The Hall–Kier alpha value is -1.00. The molecule has 0 aromatic rings. The highest BCUT2D eigenvalue weighted by molar-refractivity contribution is 5.18. The molecule has 0 fully saturated rings. The monoisotopic (exact) mass is 141 g/mol. The van der Waals surface area contributed by atoms with Crippen LogP contribution >= 0.6 is 0 Å². The molecule has 0 aromatic heterocycles. The zero-order valence-corrected chi connectivity index (χ0v) is 5.87. The molecule has 0 radical (unpaired) electrons. The molecule has 1 rings (SSSR count). The first-order valence-corrected chi connectivity index (χ1v) is 3.02. The highest BCUT2D eigenvalue weighted by atomic mass is 16.7. The lowest BCUT2D eigenvalue weighted by Crippen LogP contribution is -2.26. The van der Waals surface area contributed by atoms with Crippen molar-refractivity contribution in [1.82, 2.24) is 10.5 Å². The molecule has 0 unspecified atom stereocenters. The predicted molar refractivity (Wildman–Crippen MR) is 38.3 cm³/mol. The van der Waals surface area contributed by atoms with Gasteiger partial charge in [-0.05, 0) is 6.08 Å². The van der Waals surface area contributed by atoms with Gasteiger partial charge in [-0.3, -0.25) is 15.7 Å². The number of nitrogens with two attached hydrogens (primary N) is 1. The second-order valence-corrected chi connectivity index (χ2v) is 1.91. The molecule has 3 N–H and O–H groups in total. The molecular formula is C6H11N3O. The van der Waals surface area contributed by atoms with Crippen molar-refractivity contribution >= 4 is 0 Å². The molecule has 0 aromatic carbocycles. The third-order valence-corrected chi connectivity index (χ3v) is 1.27. The van der Waals surface area contributed by atoms with Gasteiger partial charge in [0.05, 0.1) is 25.6 Å². The van der Waals surface area contributed by atoms with Gasteiger partial charge < -0.3 is 5.43 Å². The van der Waals surface area contributed by atoms with E-state index in [9.17, 15) is 0 Å². The number of nitrogens with zero attached hydrogens (tertiary/aromatic N) is 1. The maximum absolute atomic E-state index is 5.17. The lowest BCUT2D eigenvalue weighted by molar-refractivity contribution is -0.0800. The average molecular weight is 141 g/mol. The van der Waals surface area contributed by atoms with Crippen molar-refractivity contribution < 1.29 is 4.84 Å². The lowest BCUT2D eigenvalue weighted by Gasteiger charge is -2.19. The van der Waals surface area contributed by atoms with Gasteiger partial charge in [0.15, 0.2) is 0 Å². The number of hydroxylamine groups is 2. The quantitative estimate of drug-likeness (QED) is 0.410. The molecule has 56 valence electrons. The van der Waals surface area contributed by atoms with Gasteiger partial charge in [0.1, 0.15) is 0 Å². The first kappa shape index (κ1) is 7.11. The molecule has 1 aliphatic rings. The van der Waals surface area contributed by atoms with E-state index in [0.717, 1.165) is 12.2 Å². The van der Waals surface area contributed by atoms with Gasteiger partial charge in [0.2, 0.25) is 0 Å². The Morgan fingerprint density at radius 3 is 3.20 bits per heavy atom. The SMILES string of the molecule is CON1C=C(NN)C=CC1. The van der Waals surface area contributed by atoms with Crippen LogP contribution in [0.3, 0.4) is 0 Å². The van der Waals surface area contributed by atoms with Crippen LogP contribution in [0.15, 0.2) is 24.0 Å². The molecule has 10 heavy (non-hydrogen) atoms. The van der Waals surface area contributed by atoms with E-state index in [4.69, 9.17) is 10.7 Å². The second kappa shape index (κ2) is 3.24. The minimum atomic E-state index is 0.766. The van der Waals surface area contributed by atoms with Gasteiger partial charge in [-0.15, -0.1) is 0 Å². The van der Waals surface area contributed by atoms with Crippen LogP contribution in [0.4, 0.5) is 0 Å². The van der Waals surface area contributed by atoms with E-state index < -0.39 is 0 Å². The number of hydrogen-bond acceptors (Lipinski definition) is 4. The third-order valence-electron chi connectivity index (χ3n) is 1.27. The second-order valence-electron chi connectivity index (χ2n) is 1.91. The first-order chi connectivity index (χ1) is 4.86. The first-order valence-electron chi connectivity index (χ1n) is 3.02. The zero-order valence-electron chi connectivity index (χ0n) is 5.87. The van der Waals surface area contributed by atoms with E-state index in [1.54, 1.807) is 18.4 Å². The Kier molecular flexibility index (Phi) is 2.30. The minimum absolute atomic E-state index is 0.766. The van der Waals surface area contributed by atoms with E-state index in [1.807, 2.05) is 12.2 Å². The van der Waals surface area contributed by atoms with Crippen molar-refractivity contribution in [2.24, 2.45) is 5.84 Å². The van der Waals surface area contributed by atoms with Gasteiger partial charge in [-0.1, -0.05) is 6.08 Å². The van der Waals surface area contributed by atoms with Crippen molar-refractivity contribution in [3.05, 3.63) is 24.0 Å². The van der Waals surface area contributed by atoms with E-state index >= 15 is 0 Å². The van der Waals surface area contributed by atoms with E-state index in [0.29, 0.717) is 0 Å². The fraction of sp³-hybridized carbons (Fsp3) is 0.333. The summed E-state index contributed by atoms with van der Waals surface area (Å²) < 4.78 is 0. The van der Waals surface area contributed by atoms with Gasteiger partial charge in [-0.25, -0.2) is 0 Å². The van der Waals surface area contributed by atoms with Crippen LogP contribution in [-0.4, -0.2) is 18.7 Å². The minimum Gasteiger partial charge on any atom is -0.323 e. The van der Waals surface area contributed by atoms with Crippen molar-refractivity contribution in [1.29, 1.82) is 0 Å². The standard InChI is InChI=1S/C6H11N3O/c1-10-9-4-2-3-6(5-9)8-7/h2-3,5,8H,4,7H2,1H3. The fourth-order valence-electron chi connectivity index (χ4n) is 0.747. The van der Waals surface area contributed by atoms with Crippen molar-refractivity contribution in [2.45, 2.75) is 0 Å². The predicted octanol–water partition coefficient (Wildman–Crippen LogP) is -0.276. The molecule has 0 saturated heterocycles. The molecule has 0 atom stereocenters. The summed E-state index contributed by atoms with van der Waals surface area (Å²) in [6.45, 7) is 0.766. The van der Waals surface area contributed by atoms with Gasteiger partial charge >= 0.3 is 0 Å². The highest BCUT2D eigenvalue weighted by Gasteiger charge is 2.00. The summed E-state index contributed by atoms with van der Waals surface area (Å²) in [4.78, 5) is 4.93. The number of rotatable bonds is 2. The maximum Gasteiger partial charge on any atom is 0.0666 e. The smallest absolute Gasteiger partial charge is 0.0666 e. The number of hydrazine groups is 1. The van der Waals surface area contributed by atoms with Gasteiger partial charge in [0.25, 0.3) is 0 Å². The normalized spacial score (nSPS) is 17.0. The van der Waals surface area contributed by atoms with Crippen LogP contribution < -0.4 is 11.3 Å². The van der Waals surface area contributed by atoms with Crippen LogP contribution in [0, 0.1) is 0 Å². The highest BCUT2D eigenvalue weighted by Crippen LogP contribution is 2.02. The van der Waals surface area contributed by atoms with Crippen LogP contribution in [0.5, 0.6) is 0 Å². The molecule has 0 saturated carbocycles. The molecule has 1 aliphatic heterocycles. The molecule has 1 heterocycles. The summed E-state index contributed by atoms with van der Waals surface area (Å²) in [6, 6.07) is 0. The maximum atomic E-state index is 5.17. The topological polar surface area (TPSA) is 50.5 Å². The molecule has 0 amide bonds. The number of hydrogen-bond donors (Lipinski definition) is 2. The summed E-state index contributed by atoms with van der Waals surface area (Å²) in [5, 5.41) is 1.68. The summed E-state index contributed by atoms with van der Waals surface area (Å²) in [6.07, 6.45) is 5.65. The average Bonchev–Trinajstić information content (AvgIpc) is 2.05. The summed E-state index contributed by atoms with van der Waals surface area (Å²) in [5.74, 6) is 5.17. The molecule has 0 aliphatic carbocycles. The molecular weight excluding hydrogens is 130 g/mol.